The summed E-state index contributed by atoms with van der Waals surface area (Å²) < 4.78 is 283. The van der Waals surface area contributed by atoms with Gasteiger partial charge in [0.25, 0.3) is 40.5 Å². The molecule has 0 unspecified atom stereocenters. The van der Waals surface area contributed by atoms with Gasteiger partial charge in [0.15, 0.2) is 11.5 Å². The predicted octanol–water partition coefficient (Wildman–Crippen LogP) is 6.29. The van der Waals surface area contributed by atoms with E-state index in [1.807, 2.05) is 0 Å². The maximum absolute atomic E-state index is 12.4. The molecule has 0 fully saturated rings. The normalized spacial score (nSPS) is 12.7. The number of rotatable bonds is 20. The van der Waals surface area contributed by atoms with Crippen LogP contribution in [-0.4, -0.2) is 114 Å². The second-order valence-electron chi connectivity index (χ2n) is 27.5. The van der Waals surface area contributed by atoms with Gasteiger partial charge in [0, 0.05) is 86.8 Å². The Balaban J connectivity index is 0.000000247. The third-order valence-corrected chi connectivity index (χ3v) is 26.4. The third-order valence-electron chi connectivity index (χ3n) is 19.4. The van der Waals surface area contributed by atoms with E-state index in [1.165, 1.54) is 109 Å². The Labute approximate surface area is 835 Å². The fourth-order valence-electron chi connectivity index (χ4n) is 13.7. The van der Waals surface area contributed by atoms with Crippen molar-refractivity contribution in [2.75, 3.05) is 11.5 Å². The molecule has 0 saturated heterocycles. The maximum atomic E-state index is 12.4. The number of nitrogens with two attached hydrogens (primary N) is 2. The van der Waals surface area contributed by atoms with Crippen LogP contribution in [0.1, 0.15) is 0 Å². The fraction of sp³-hybridized carbons (Fsp3) is 0. The zero-order valence-electron chi connectivity index (χ0n) is 67.7. The molecule has 16 rings (SSSR count). The van der Waals surface area contributed by atoms with E-state index >= 15 is 0 Å². The van der Waals surface area contributed by atoms with Crippen LogP contribution in [0.5, 0.6) is 11.5 Å². The average molecular weight is 1970 g/mol. The van der Waals surface area contributed by atoms with E-state index in [1.54, 1.807) is 48.5 Å². The number of anilines is 2. The van der Waals surface area contributed by atoms with Crippen LogP contribution in [0.4, 0.5) is 79.6 Å². The number of nitrogen functional groups attached to an aromatic ring is 2. The molecule has 0 aliphatic rings. The monoisotopic (exact) mass is 1970 g/mol. The number of benzene rings is 16. The molecule has 0 aliphatic heterocycles. The second kappa shape index (κ2) is 39.3. The zero-order chi connectivity index (χ0) is 91.9. The minimum atomic E-state index is -5.18. The van der Waals surface area contributed by atoms with Gasteiger partial charge >= 0.3 is 118 Å². The molecule has 10 N–H and O–H groups in total. The quantitative estimate of drug-likeness (QED) is 0.0180. The number of phenols is 2. The molecule has 0 aliphatic carbocycles. The molecule has 0 saturated carbocycles. The summed E-state index contributed by atoms with van der Waals surface area (Å²) in [6.45, 7) is 0. The van der Waals surface area contributed by atoms with Crippen molar-refractivity contribution in [2.24, 2.45) is 61.4 Å². The van der Waals surface area contributed by atoms with Crippen molar-refractivity contribution in [1.29, 1.82) is 0 Å². The largest absolute Gasteiger partial charge is 1.00 e. The van der Waals surface area contributed by atoms with Crippen LogP contribution in [0.25, 0.3) is 86.2 Å². The number of hydrogen-bond donors (Lipinski definition) is 8. The van der Waals surface area contributed by atoms with Crippen LogP contribution < -0.4 is 130 Å². The Bertz CT molecular complexity index is 8300. The van der Waals surface area contributed by atoms with Crippen molar-refractivity contribution in [2.45, 2.75) is 39.2 Å². The summed E-state index contributed by atoms with van der Waals surface area (Å²) >= 11 is 0. The van der Waals surface area contributed by atoms with Gasteiger partial charge in [-0.25, -0.2) is 33.7 Å². The van der Waals surface area contributed by atoms with Crippen molar-refractivity contribution < 1.29 is 232 Å². The van der Waals surface area contributed by atoms with Crippen LogP contribution in [0, 0.1) is 0 Å². The van der Waals surface area contributed by atoms with Crippen molar-refractivity contribution in [3.8, 4) is 11.5 Å². The zero-order valence-corrected chi connectivity index (χ0v) is 82.3. The summed E-state index contributed by atoms with van der Waals surface area (Å²) in [6.07, 6.45) is 0. The molecule has 0 spiro atoms. The summed E-state index contributed by atoms with van der Waals surface area (Å²) in [4.78, 5) is -5.85. The van der Waals surface area contributed by atoms with Gasteiger partial charge < -0.3 is 39.9 Å². The van der Waals surface area contributed by atoms with E-state index in [0.717, 1.165) is 84.9 Å². The number of aromatic hydroxyl groups is 2. The molecule has 0 heterocycles. The van der Waals surface area contributed by atoms with E-state index in [0.29, 0.717) is 21.5 Å². The first-order valence-electron chi connectivity index (χ1n) is 35.8. The number of fused-ring (bicyclic) bond motifs is 8. The average Bonchev–Trinajstić information content (AvgIpc) is 0.762. The second-order valence-corrected chi connectivity index (χ2v) is 38.5. The van der Waals surface area contributed by atoms with Gasteiger partial charge in [0.1, 0.15) is 61.6 Å². The van der Waals surface area contributed by atoms with E-state index in [4.69, 9.17) is 11.5 Å². The first-order chi connectivity index (χ1) is 60.1. The van der Waals surface area contributed by atoms with Gasteiger partial charge in [-0.3, -0.25) is 18.2 Å². The van der Waals surface area contributed by atoms with Crippen LogP contribution in [0.3, 0.4) is 0 Å². The molecule has 0 atom stereocenters. The Hall–Kier alpha value is -10.3. The Morgan fingerprint density at radius 2 is 0.477 bits per heavy atom. The molecular formula is C80H50N14Na4O26S8. The van der Waals surface area contributed by atoms with Gasteiger partial charge in [-0.1, -0.05) is 84.9 Å². The maximum Gasteiger partial charge on any atom is 1.00 e. The number of hydrogen-bond acceptors (Lipinski definition) is 36. The summed E-state index contributed by atoms with van der Waals surface area (Å²) in [6, 6.07) is 52.9. The smallest absolute Gasteiger partial charge is 0.744 e. The predicted molar refractivity (Wildman–Crippen MR) is 460 cm³/mol. The van der Waals surface area contributed by atoms with Gasteiger partial charge in [-0.15, -0.1) is 51.1 Å². The van der Waals surface area contributed by atoms with Gasteiger partial charge in [0.05, 0.1) is 86.2 Å². The van der Waals surface area contributed by atoms with Crippen LogP contribution in [0.15, 0.2) is 343 Å². The van der Waals surface area contributed by atoms with E-state index in [2.05, 4.69) is 61.4 Å². The summed E-state index contributed by atoms with van der Waals surface area (Å²) in [5, 5.41) is 74.0. The van der Waals surface area contributed by atoms with Crippen LogP contribution >= 0.6 is 0 Å². The molecule has 0 aromatic heterocycles. The van der Waals surface area contributed by atoms with Crippen LogP contribution in [0.2, 0.25) is 0 Å². The third kappa shape index (κ3) is 21.9. The van der Waals surface area contributed by atoms with Gasteiger partial charge in [-0.05, 0) is 168 Å². The van der Waals surface area contributed by atoms with Gasteiger partial charge in [-0.2, -0.15) is 43.9 Å². The summed E-state index contributed by atoms with van der Waals surface area (Å²) in [7, 11) is -40.1. The number of nitrogens with zero attached hydrogens (tertiary/aromatic N) is 12. The van der Waals surface area contributed by atoms with Crippen molar-refractivity contribution in [1.82, 2.24) is 0 Å². The number of phenolic OH excluding ortho intramolecular Hbond substituents is 2. The molecule has 0 amide bonds. The van der Waals surface area contributed by atoms with Crippen LogP contribution in [-0.2, 0) is 80.9 Å². The Morgan fingerprint density at radius 1 is 0.220 bits per heavy atom. The summed E-state index contributed by atoms with van der Waals surface area (Å²) in [5.41, 5.74) is 11.4. The molecule has 16 aromatic carbocycles. The standard InChI is InChI=1S/2C40H27N7O13S4.4Na/c2*41-22-8-10-25-21(16-22)17-38(64(58,59)60)39(40(25)48)47-46-35-15-14-34(28-11-9-24(20-30(28)35)61(49,50)51)45-44-33-13-12-32(26-4-1-2-5-27(26)33)43-42-23-18-31-29(37(19-23)63(55,56)57)6-3-7-36(31)62(52,53)54;;;;/h2*1-20,48H,41H2,(H,49,50,51)(H,52,53,54)(H,55,56,57)(H,58,59,60);;;;/q;;4*+1/p-4. The molecule has 0 radical (unpaired) electrons. The van der Waals surface area contributed by atoms with Crippen molar-refractivity contribution >= 4 is 247 Å². The SMILES string of the molecule is Nc1ccc2c(O)c(N=Nc3ccc(N=Nc4ccc(N=Nc5cc(S(=O)(=O)[O-])c6cccc(S(=O)(=O)[O-])c6c5)c5ccccc45)c4ccc(S(=O)(=O)O)cc34)c(S(=O)(=O)O)cc2c1.Nc1ccc2c(O)c(N=Nc3ccc(N=Nc4ccc(N=Nc5cc(S(=O)(=O)[O-])c6cccc(S(=O)(=O)[O-])c6c5)c5ccccc45)c4ccc(S(=O)(=O)O)cc34)c(S(=O)(=O)O)cc2c1.[Na+].[Na+].[Na+].[Na+]. The first kappa shape index (κ1) is 102. The van der Waals surface area contributed by atoms with E-state index in [9.17, 15) is 114 Å². The molecule has 132 heavy (non-hydrogen) atoms. The molecule has 52 heteroatoms. The molecule has 648 valence electrons. The molecule has 16 aromatic rings. The molecule has 40 nitrogen and oxygen atoms in total. The fourth-order valence-corrected chi connectivity index (χ4v) is 18.8. The number of azo groups is 6. The first-order valence-corrected chi connectivity index (χ1v) is 47.2. The van der Waals surface area contributed by atoms with E-state index in [-0.39, 0.29) is 251 Å². The van der Waals surface area contributed by atoms with Gasteiger partial charge in [0.2, 0.25) is 0 Å². The topological polar surface area (TPSA) is 687 Å². The van der Waals surface area contributed by atoms with Crippen molar-refractivity contribution in [3.05, 3.63) is 243 Å². The molecule has 0 bridgehead atoms. The molecular weight excluding hydrogens is 1920 g/mol. The Kier molecular flexibility index (Phi) is 30.4. The van der Waals surface area contributed by atoms with Crippen molar-refractivity contribution in [3.63, 3.8) is 0 Å². The Morgan fingerprint density at radius 3 is 0.758 bits per heavy atom. The minimum absolute atomic E-state index is 0. The van der Waals surface area contributed by atoms with E-state index < -0.39 is 143 Å². The minimum Gasteiger partial charge on any atom is -0.744 e. The summed E-state index contributed by atoms with van der Waals surface area (Å²) in [5.74, 6) is -1.32.